The Morgan fingerprint density at radius 3 is 3.12 bits per heavy atom. The summed E-state index contributed by atoms with van der Waals surface area (Å²) in [6.07, 6.45) is 5.64. The van der Waals surface area contributed by atoms with E-state index >= 15 is 0 Å². The minimum absolute atomic E-state index is 0.0977. The van der Waals surface area contributed by atoms with Crippen LogP contribution in [0.2, 0.25) is 0 Å². The second-order valence-corrected chi connectivity index (χ2v) is 8.28. The number of hydrogen-bond acceptors (Lipinski definition) is 4. The summed E-state index contributed by atoms with van der Waals surface area (Å²) in [6.45, 7) is 3.93. The van der Waals surface area contributed by atoms with Gasteiger partial charge >= 0.3 is 0 Å². The first-order chi connectivity index (χ1) is 12.2. The Bertz CT molecular complexity index is 730. The smallest absolute Gasteiger partial charge is 0.174 e. The zero-order chi connectivity index (χ0) is 17.2. The van der Waals surface area contributed by atoms with E-state index in [1.807, 2.05) is 0 Å². The summed E-state index contributed by atoms with van der Waals surface area (Å²) < 4.78 is 12.4. The molecular formula is C21H27NO3. The van der Waals surface area contributed by atoms with Crippen molar-refractivity contribution in [3.8, 4) is 11.5 Å². The minimum atomic E-state index is -0.285. The van der Waals surface area contributed by atoms with Crippen molar-refractivity contribution in [2.45, 2.75) is 63.0 Å². The molecule has 2 bridgehead atoms. The number of likely N-dealkylation sites (N-methyl/N-ethyl adjacent to an activating group) is 1. The number of rotatable bonds is 4. The Morgan fingerprint density at radius 2 is 2.28 bits per heavy atom. The lowest BCUT2D eigenvalue weighted by atomic mass is 9.52. The highest BCUT2D eigenvalue weighted by Gasteiger charge is 2.65. The number of likely N-dealkylation sites (tertiary alicyclic amines) is 1. The van der Waals surface area contributed by atoms with Crippen molar-refractivity contribution in [2.75, 3.05) is 20.2 Å². The van der Waals surface area contributed by atoms with Gasteiger partial charge in [-0.2, -0.15) is 0 Å². The van der Waals surface area contributed by atoms with Crippen molar-refractivity contribution < 1.29 is 14.3 Å². The van der Waals surface area contributed by atoms with Gasteiger partial charge in [0.05, 0.1) is 6.61 Å². The molecule has 1 saturated carbocycles. The molecular weight excluding hydrogens is 314 g/mol. The molecule has 1 aromatic carbocycles. The third kappa shape index (κ3) is 1.95. The van der Waals surface area contributed by atoms with Gasteiger partial charge in [0.15, 0.2) is 23.4 Å². The van der Waals surface area contributed by atoms with Crippen molar-refractivity contribution in [2.24, 2.45) is 5.92 Å². The number of ether oxygens (including phenoxy) is 2. The van der Waals surface area contributed by atoms with Gasteiger partial charge in [0, 0.05) is 23.4 Å². The van der Waals surface area contributed by atoms with E-state index in [9.17, 15) is 4.79 Å². The normalized spacial score (nSPS) is 35.3. The largest absolute Gasteiger partial charge is 0.490 e. The van der Waals surface area contributed by atoms with Crippen molar-refractivity contribution >= 4 is 5.78 Å². The standard InChI is InChI=1S/C21H27NO3/c1-3-4-11-24-17-8-5-13-12-15-14-6-7-16(23)20-21(14,9-10-22(15)2)18(13)19(17)25-20/h5,8,14-15,20H,3-4,6-7,9-12H2,1-2H3/t14-,15+,20-,21-/m0/s1. The van der Waals surface area contributed by atoms with Crippen molar-refractivity contribution in [1.82, 2.24) is 4.90 Å². The van der Waals surface area contributed by atoms with Gasteiger partial charge in [-0.05, 0) is 56.8 Å². The maximum absolute atomic E-state index is 12.8. The lowest BCUT2D eigenvalue weighted by molar-refractivity contribution is -0.138. The number of hydrogen-bond donors (Lipinski definition) is 0. The highest BCUT2D eigenvalue weighted by atomic mass is 16.5. The molecule has 4 atom stereocenters. The van der Waals surface area contributed by atoms with Gasteiger partial charge in [0.1, 0.15) is 0 Å². The summed E-state index contributed by atoms with van der Waals surface area (Å²) in [5.41, 5.74) is 2.61. The molecule has 1 saturated heterocycles. The molecule has 1 aromatic rings. The Morgan fingerprint density at radius 1 is 1.40 bits per heavy atom. The van der Waals surface area contributed by atoms with Crippen LogP contribution in [-0.4, -0.2) is 43.0 Å². The van der Waals surface area contributed by atoms with Gasteiger partial charge in [-0.25, -0.2) is 0 Å². The molecule has 4 aliphatic rings. The third-order valence-electron chi connectivity index (χ3n) is 7.13. The number of Topliss-reactive ketones (excluding diaryl/α,β-unsaturated/α-hetero) is 1. The Kier molecular flexibility index (Phi) is 3.43. The molecule has 2 heterocycles. The molecule has 2 aliphatic heterocycles. The van der Waals surface area contributed by atoms with Gasteiger partial charge in [-0.15, -0.1) is 0 Å². The maximum atomic E-state index is 12.8. The second-order valence-electron chi connectivity index (χ2n) is 8.28. The van der Waals surface area contributed by atoms with Crippen LogP contribution in [-0.2, 0) is 16.6 Å². The highest BCUT2D eigenvalue weighted by Crippen LogP contribution is 2.63. The van der Waals surface area contributed by atoms with Crippen LogP contribution in [0.25, 0.3) is 0 Å². The molecule has 0 aromatic heterocycles. The molecule has 5 rings (SSSR count). The Hall–Kier alpha value is -1.55. The van der Waals surface area contributed by atoms with Crippen LogP contribution >= 0.6 is 0 Å². The quantitative estimate of drug-likeness (QED) is 0.789. The summed E-state index contributed by atoms with van der Waals surface area (Å²) in [4.78, 5) is 15.3. The number of piperidine rings is 1. The number of carbonyl (C=O) groups is 1. The molecule has 0 radical (unpaired) electrons. The topological polar surface area (TPSA) is 38.8 Å². The molecule has 2 aliphatic carbocycles. The number of ketones is 1. The average Bonchev–Trinajstić information content (AvgIpc) is 2.96. The third-order valence-corrected chi connectivity index (χ3v) is 7.13. The lowest BCUT2D eigenvalue weighted by Crippen LogP contribution is -2.65. The van der Waals surface area contributed by atoms with E-state index in [0.29, 0.717) is 30.8 Å². The van der Waals surface area contributed by atoms with Crippen LogP contribution in [0.1, 0.15) is 50.2 Å². The molecule has 134 valence electrons. The predicted molar refractivity (Wildman–Crippen MR) is 95.4 cm³/mol. The van der Waals surface area contributed by atoms with E-state index in [1.165, 1.54) is 11.1 Å². The van der Waals surface area contributed by atoms with Gasteiger partial charge in [0.25, 0.3) is 0 Å². The van der Waals surface area contributed by atoms with E-state index in [-0.39, 0.29) is 11.5 Å². The first-order valence-corrected chi connectivity index (χ1v) is 9.85. The summed E-state index contributed by atoms with van der Waals surface area (Å²) in [7, 11) is 2.24. The van der Waals surface area contributed by atoms with Crippen molar-refractivity contribution in [1.29, 1.82) is 0 Å². The molecule has 2 fully saturated rings. The molecule has 1 spiro atoms. The summed E-state index contributed by atoms with van der Waals surface area (Å²) in [5, 5.41) is 0. The van der Waals surface area contributed by atoms with Crippen LogP contribution in [0.15, 0.2) is 12.1 Å². The van der Waals surface area contributed by atoms with E-state index in [2.05, 4.69) is 31.0 Å². The number of nitrogens with zero attached hydrogens (tertiary/aromatic N) is 1. The fourth-order valence-corrected chi connectivity index (χ4v) is 5.95. The first-order valence-electron chi connectivity index (χ1n) is 9.85. The molecule has 0 unspecified atom stereocenters. The first kappa shape index (κ1) is 15.7. The van der Waals surface area contributed by atoms with Gasteiger partial charge in [-0.3, -0.25) is 4.79 Å². The maximum Gasteiger partial charge on any atom is 0.174 e. The van der Waals surface area contributed by atoms with Crippen molar-refractivity contribution in [3.05, 3.63) is 23.3 Å². The summed E-state index contributed by atoms with van der Waals surface area (Å²) >= 11 is 0. The van der Waals surface area contributed by atoms with Gasteiger partial charge < -0.3 is 14.4 Å². The van der Waals surface area contributed by atoms with Crippen LogP contribution in [0, 0.1) is 5.92 Å². The minimum Gasteiger partial charge on any atom is -0.490 e. The summed E-state index contributed by atoms with van der Waals surface area (Å²) in [5.74, 6) is 2.57. The number of unbranched alkanes of at least 4 members (excludes halogenated alkanes) is 1. The Labute approximate surface area is 149 Å². The zero-order valence-corrected chi connectivity index (χ0v) is 15.2. The number of benzene rings is 1. The van der Waals surface area contributed by atoms with Crippen LogP contribution in [0.4, 0.5) is 0 Å². The monoisotopic (exact) mass is 341 g/mol. The molecule has 0 N–H and O–H groups in total. The van der Waals surface area contributed by atoms with E-state index in [4.69, 9.17) is 9.47 Å². The molecule has 4 nitrogen and oxygen atoms in total. The average molecular weight is 341 g/mol. The highest BCUT2D eigenvalue weighted by molar-refractivity contribution is 5.89. The number of carbonyl (C=O) groups excluding carboxylic acids is 1. The van der Waals surface area contributed by atoms with Crippen LogP contribution < -0.4 is 9.47 Å². The predicted octanol–water partition coefficient (Wildman–Crippen LogP) is 3.10. The Balaban J connectivity index is 1.65. The van der Waals surface area contributed by atoms with Gasteiger partial charge in [-0.1, -0.05) is 19.4 Å². The molecule has 4 heteroatoms. The second kappa shape index (κ2) is 5.47. The van der Waals surface area contributed by atoms with E-state index in [1.54, 1.807) is 0 Å². The van der Waals surface area contributed by atoms with E-state index in [0.717, 1.165) is 50.1 Å². The fraction of sp³-hybridized carbons (Fsp3) is 0.667. The van der Waals surface area contributed by atoms with Crippen LogP contribution in [0.3, 0.4) is 0 Å². The van der Waals surface area contributed by atoms with Gasteiger partial charge in [0.2, 0.25) is 0 Å². The SMILES string of the molecule is CCCCOc1ccc2c3c1O[C@H]1C(=O)CC[C@H]4[C@@H](C2)N(C)CC[C@]314. The van der Waals surface area contributed by atoms with Crippen molar-refractivity contribution in [3.63, 3.8) is 0 Å². The zero-order valence-electron chi connectivity index (χ0n) is 15.2. The summed E-state index contributed by atoms with van der Waals surface area (Å²) in [6, 6.07) is 4.84. The molecule has 25 heavy (non-hydrogen) atoms. The van der Waals surface area contributed by atoms with Crippen LogP contribution in [0.5, 0.6) is 11.5 Å². The fourth-order valence-electron chi connectivity index (χ4n) is 5.95. The molecule has 0 amide bonds. The lowest BCUT2D eigenvalue weighted by Gasteiger charge is -2.57. The van der Waals surface area contributed by atoms with E-state index < -0.39 is 0 Å².